The summed E-state index contributed by atoms with van der Waals surface area (Å²) in [7, 11) is 0. The van der Waals surface area contributed by atoms with Crippen LogP contribution >= 0.6 is 0 Å². The van der Waals surface area contributed by atoms with Gasteiger partial charge >= 0.3 is 0 Å². The van der Waals surface area contributed by atoms with Crippen molar-refractivity contribution in [1.82, 2.24) is 0 Å². The van der Waals surface area contributed by atoms with E-state index in [1.165, 1.54) is 63.4 Å². The van der Waals surface area contributed by atoms with Crippen LogP contribution in [0, 0.1) is 17.3 Å². The first-order valence-electron chi connectivity index (χ1n) is 13.4. The van der Waals surface area contributed by atoms with Gasteiger partial charge in [-0.1, -0.05) is 13.0 Å². The van der Waals surface area contributed by atoms with Crippen LogP contribution in [0.15, 0.2) is 18.2 Å². The minimum atomic E-state index is -0.0582. The number of ether oxygens (including phenoxy) is 4. The number of rotatable bonds is 4. The molecular formula is C28H40O4. The molecule has 0 bridgehead atoms. The Morgan fingerprint density at radius 2 is 1.75 bits per heavy atom. The molecule has 7 atom stereocenters. The summed E-state index contributed by atoms with van der Waals surface area (Å²) < 4.78 is 24.4. The molecular weight excluding hydrogens is 400 g/mol. The van der Waals surface area contributed by atoms with E-state index in [1.54, 1.807) is 5.56 Å². The molecule has 2 heterocycles. The molecule has 4 heteroatoms. The number of hydrogen-bond donors (Lipinski definition) is 0. The van der Waals surface area contributed by atoms with Gasteiger partial charge in [0.15, 0.2) is 12.6 Å². The van der Waals surface area contributed by atoms with Crippen LogP contribution in [0.25, 0.3) is 0 Å². The molecule has 2 unspecified atom stereocenters. The largest absolute Gasteiger partial charge is 0.465 e. The van der Waals surface area contributed by atoms with Crippen LogP contribution in [-0.2, 0) is 20.6 Å². The first-order valence-corrected chi connectivity index (χ1v) is 13.4. The van der Waals surface area contributed by atoms with E-state index < -0.39 is 0 Å². The van der Waals surface area contributed by atoms with Crippen LogP contribution in [0.1, 0.15) is 94.6 Å². The van der Waals surface area contributed by atoms with Crippen LogP contribution in [-0.4, -0.2) is 31.9 Å². The van der Waals surface area contributed by atoms with Crippen LogP contribution in [0.3, 0.4) is 0 Å². The summed E-state index contributed by atoms with van der Waals surface area (Å²) in [5.74, 6) is 3.29. The van der Waals surface area contributed by atoms with Crippen molar-refractivity contribution in [3.63, 3.8) is 0 Å². The van der Waals surface area contributed by atoms with E-state index in [0.717, 1.165) is 50.1 Å². The van der Waals surface area contributed by atoms with Crippen LogP contribution in [0.4, 0.5) is 0 Å². The second-order valence-electron chi connectivity index (χ2n) is 11.4. The molecule has 4 nitrogen and oxygen atoms in total. The van der Waals surface area contributed by atoms with E-state index >= 15 is 0 Å². The molecule has 0 N–H and O–H groups in total. The lowest BCUT2D eigenvalue weighted by molar-refractivity contribution is -0.188. The molecule has 0 amide bonds. The highest BCUT2D eigenvalue weighted by atomic mass is 16.7. The predicted octanol–water partition coefficient (Wildman–Crippen LogP) is 6.36. The van der Waals surface area contributed by atoms with Crippen molar-refractivity contribution >= 4 is 0 Å². The third-order valence-corrected chi connectivity index (χ3v) is 9.31. The zero-order valence-corrected chi connectivity index (χ0v) is 19.7. The maximum absolute atomic E-state index is 6.50. The van der Waals surface area contributed by atoms with Gasteiger partial charge in [-0.05, 0) is 117 Å². The highest BCUT2D eigenvalue weighted by Crippen LogP contribution is 2.61. The quantitative estimate of drug-likeness (QED) is 0.546. The van der Waals surface area contributed by atoms with E-state index in [-0.39, 0.29) is 12.6 Å². The summed E-state index contributed by atoms with van der Waals surface area (Å²) in [6.07, 6.45) is 14.9. The molecule has 176 valence electrons. The summed E-state index contributed by atoms with van der Waals surface area (Å²) in [4.78, 5) is 0. The highest BCUT2D eigenvalue weighted by molar-refractivity contribution is 5.40. The van der Waals surface area contributed by atoms with Gasteiger partial charge in [0.2, 0.25) is 0 Å². The zero-order valence-electron chi connectivity index (χ0n) is 19.7. The van der Waals surface area contributed by atoms with E-state index in [0.29, 0.717) is 17.4 Å². The Kier molecular flexibility index (Phi) is 5.98. The maximum Gasteiger partial charge on any atom is 0.199 e. The third-order valence-electron chi connectivity index (χ3n) is 9.31. The van der Waals surface area contributed by atoms with Gasteiger partial charge in [0.1, 0.15) is 5.75 Å². The lowest BCUT2D eigenvalue weighted by atomic mass is 9.56. The van der Waals surface area contributed by atoms with Crippen molar-refractivity contribution in [2.45, 2.75) is 109 Å². The molecule has 2 aliphatic heterocycles. The van der Waals surface area contributed by atoms with Crippen molar-refractivity contribution in [3.8, 4) is 5.75 Å². The Bertz CT molecular complexity index is 797. The summed E-state index contributed by atoms with van der Waals surface area (Å²) in [6.45, 7) is 4.25. The van der Waals surface area contributed by atoms with E-state index in [2.05, 4.69) is 25.1 Å². The van der Waals surface area contributed by atoms with E-state index in [1.807, 2.05) is 0 Å². The van der Waals surface area contributed by atoms with Crippen molar-refractivity contribution in [3.05, 3.63) is 29.3 Å². The van der Waals surface area contributed by atoms with Gasteiger partial charge in [-0.2, -0.15) is 0 Å². The minimum Gasteiger partial charge on any atom is -0.465 e. The zero-order chi connectivity index (χ0) is 21.5. The van der Waals surface area contributed by atoms with Crippen molar-refractivity contribution < 1.29 is 18.9 Å². The molecule has 0 spiro atoms. The fourth-order valence-electron chi connectivity index (χ4n) is 7.72. The summed E-state index contributed by atoms with van der Waals surface area (Å²) >= 11 is 0. The molecule has 4 fully saturated rings. The van der Waals surface area contributed by atoms with Gasteiger partial charge in [-0.15, -0.1) is 0 Å². The monoisotopic (exact) mass is 440 g/mol. The van der Waals surface area contributed by atoms with Crippen LogP contribution in [0.2, 0.25) is 0 Å². The Morgan fingerprint density at radius 3 is 2.53 bits per heavy atom. The second-order valence-corrected chi connectivity index (χ2v) is 11.4. The number of fused-ring (bicyclic) bond motifs is 5. The summed E-state index contributed by atoms with van der Waals surface area (Å²) in [5, 5.41) is 0. The molecule has 1 aromatic rings. The predicted molar refractivity (Wildman–Crippen MR) is 124 cm³/mol. The van der Waals surface area contributed by atoms with Gasteiger partial charge in [-0.3, -0.25) is 0 Å². The Labute approximate surface area is 193 Å². The lowest BCUT2D eigenvalue weighted by Gasteiger charge is -2.49. The fourth-order valence-corrected chi connectivity index (χ4v) is 7.72. The van der Waals surface area contributed by atoms with Crippen LogP contribution < -0.4 is 4.74 Å². The molecule has 32 heavy (non-hydrogen) atoms. The molecule has 5 aliphatic rings. The number of benzene rings is 1. The van der Waals surface area contributed by atoms with E-state index in [9.17, 15) is 0 Å². The second kappa shape index (κ2) is 8.92. The van der Waals surface area contributed by atoms with Crippen molar-refractivity contribution in [1.29, 1.82) is 0 Å². The number of hydrogen-bond acceptors (Lipinski definition) is 4. The molecule has 2 saturated carbocycles. The van der Waals surface area contributed by atoms with Crippen molar-refractivity contribution in [2.24, 2.45) is 17.3 Å². The lowest BCUT2D eigenvalue weighted by Crippen LogP contribution is -2.39. The average Bonchev–Trinajstić information content (AvgIpc) is 3.16. The van der Waals surface area contributed by atoms with Crippen LogP contribution in [0.5, 0.6) is 5.75 Å². The number of aryl methyl sites for hydroxylation is 1. The SMILES string of the molecule is C[C@]12CC[C@@H]3c4ccc(OC5CCCCO5)cc4CC[C@H]3[C@@H]1C[C@@H](OC1CCCCO1)C2. The maximum atomic E-state index is 6.50. The Hall–Kier alpha value is -1.10. The summed E-state index contributed by atoms with van der Waals surface area (Å²) in [5.41, 5.74) is 3.56. The van der Waals surface area contributed by atoms with Gasteiger partial charge in [0.05, 0.1) is 12.7 Å². The standard InChI is InChI=1S/C28H40O4/c1-28-13-12-23-22-11-9-20(31-26-6-2-4-14-29-26)16-19(22)8-10-24(23)25(28)17-21(18-28)32-27-7-3-5-15-30-27/h9,11,16,21,23-27H,2-8,10,12-15,17-18H2,1H3/t21-,23-,24-,25+,26?,27?,28-/m1/s1. The van der Waals surface area contributed by atoms with Gasteiger partial charge in [0, 0.05) is 13.0 Å². The Morgan fingerprint density at radius 1 is 0.938 bits per heavy atom. The van der Waals surface area contributed by atoms with Crippen molar-refractivity contribution in [2.75, 3.05) is 13.2 Å². The highest BCUT2D eigenvalue weighted by Gasteiger charge is 2.53. The normalized spacial score (nSPS) is 41.4. The minimum absolute atomic E-state index is 0.0481. The third kappa shape index (κ3) is 4.12. The van der Waals surface area contributed by atoms with Gasteiger partial charge in [-0.25, -0.2) is 0 Å². The summed E-state index contributed by atoms with van der Waals surface area (Å²) in [6, 6.07) is 6.90. The first kappa shape index (κ1) is 21.4. The van der Waals surface area contributed by atoms with Gasteiger partial charge in [0.25, 0.3) is 0 Å². The molecule has 0 aromatic heterocycles. The Balaban J connectivity index is 1.14. The molecule has 3 aliphatic carbocycles. The smallest absolute Gasteiger partial charge is 0.199 e. The molecule has 2 saturated heterocycles. The molecule has 1 aromatic carbocycles. The van der Waals surface area contributed by atoms with Gasteiger partial charge < -0.3 is 18.9 Å². The van der Waals surface area contributed by atoms with E-state index in [4.69, 9.17) is 18.9 Å². The average molecular weight is 441 g/mol. The first-order chi connectivity index (χ1) is 15.7. The molecule has 0 radical (unpaired) electrons. The molecule has 6 rings (SSSR count). The topological polar surface area (TPSA) is 36.9 Å². The fraction of sp³-hybridized carbons (Fsp3) is 0.786.